The van der Waals surface area contributed by atoms with Gasteiger partial charge in [0.25, 0.3) is 5.91 Å². The number of nitrogens with one attached hydrogen (secondary N) is 2. The third kappa shape index (κ3) is 5.76. The molecule has 11 heteroatoms. The highest BCUT2D eigenvalue weighted by Gasteiger charge is 2.29. The lowest BCUT2D eigenvalue weighted by Crippen LogP contribution is -2.40. The Balaban J connectivity index is 1.42. The van der Waals surface area contributed by atoms with Crippen LogP contribution in [0.15, 0.2) is 58.6 Å². The first-order valence-electron chi connectivity index (χ1n) is 11.7. The van der Waals surface area contributed by atoms with E-state index in [9.17, 15) is 13.2 Å². The zero-order valence-electron chi connectivity index (χ0n) is 20.4. The summed E-state index contributed by atoms with van der Waals surface area (Å²) in [6.45, 7) is 1.94. The van der Waals surface area contributed by atoms with E-state index in [-0.39, 0.29) is 32.6 Å². The number of pyridine rings is 1. The lowest BCUT2D eigenvalue weighted by molar-refractivity contribution is 0.0922. The Kier molecular flexibility index (Phi) is 7.75. The number of aryl methyl sites for hydroxylation is 1. The summed E-state index contributed by atoms with van der Waals surface area (Å²) < 4.78 is 26.5. The molecule has 0 bridgehead atoms. The van der Waals surface area contributed by atoms with Gasteiger partial charge in [-0.2, -0.15) is 4.98 Å². The van der Waals surface area contributed by atoms with Gasteiger partial charge in [0.05, 0.1) is 15.5 Å². The Morgan fingerprint density at radius 2 is 1.72 bits per heavy atom. The first-order chi connectivity index (χ1) is 17.1. The van der Waals surface area contributed by atoms with Crippen LogP contribution >= 0.6 is 11.6 Å². The first-order valence-corrected chi connectivity index (χ1v) is 13.6. The van der Waals surface area contributed by atoms with Crippen molar-refractivity contribution in [3.63, 3.8) is 0 Å². The number of amides is 1. The molecule has 2 heterocycles. The number of aromatic nitrogens is 3. The molecule has 2 N–H and O–H groups in total. The summed E-state index contributed by atoms with van der Waals surface area (Å²) in [5, 5.41) is 6.17. The van der Waals surface area contributed by atoms with Crippen molar-refractivity contribution in [2.24, 2.45) is 0 Å². The van der Waals surface area contributed by atoms with Crippen LogP contribution in [0.5, 0.6) is 0 Å². The summed E-state index contributed by atoms with van der Waals surface area (Å²) in [5.74, 6) is 0.962. The van der Waals surface area contributed by atoms with E-state index in [0.717, 1.165) is 37.2 Å². The molecule has 36 heavy (non-hydrogen) atoms. The molecule has 1 amide bonds. The second-order valence-electron chi connectivity index (χ2n) is 9.04. The van der Waals surface area contributed by atoms with Gasteiger partial charge in [-0.1, -0.05) is 23.7 Å². The Labute approximate surface area is 216 Å². The fraction of sp³-hybridized carbons (Fsp3) is 0.360. The highest BCUT2D eigenvalue weighted by atomic mass is 35.5. The van der Waals surface area contributed by atoms with Gasteiger partial charge in [-0.3, -0.25) is 4.79 Å². The van der Waals surface area contributed by atoms with Crippen LogP contribution in [0, 0.1) is 6.92 Å². The van der Waals surface area contributed by atoms with Crippen LogP contribution in [0.2, 0.25) is 5.02 Å². The topological polar surface area (TPSA) is 117 Å². The number of hydrogen-bond donors (Lipinski definition) is 2. The Hall–Kier alpha value is -3.24. The maximum absolute atomic E-state index is 13.2. The van der Waals surface area contributed by atoms with Crippen molar-refractivity contribution in [1.29, 1.82) is 0 Å². The van der Waals surface area contributed by atoms with Gasteiger partial charge in [-0.05, 0) is 56.9 Å². The van der Waals surface area contributed by atoms with E-state index in [0.29, 0.717) is 5.95 Å². The zero-order chi connectivity index (χ0) is 25.9. The van der Waals surface area contributed by atoms with E-state index < -0.39 is 15.7 Å². The van der Waals surface area contributed by atoms with E-state index in [1.807, 2.05) is 32.0 Å². The van der Waals surface area contributed by atoms with Gasteiger partial charge >= 0.3 is 0 Å². The molecule has 2 aromatic heterocycles. The number of sulfone groups is 1. The van der Waals surface area contributed by atoms with Crippen LogP contribution in [0.4, 0.5) is 11.8 Å². The average molecular weight is 529 g/mol. The molecule has 0 radical (unpaired) electrons. The van der Waals surface area contributed by atoms with Crippen LogP contribution in [0.3, 0.4) is 0 Å². The molecule has 1 saturated carbocycles. The molecule has 0 atom stereocenters. The number of rotatable bonds is 7. The van der Waals surface area contributed by atoms with E-state index >= 15 is 0 Å². The van der Waals surface area contributed by atoms with Crippen LogP contribution in [0.1, 0.15) is 41.7 Å². The maximum Gasteiger partial charge on any atom is 0.254 e. The van der Waals surface area contributed by atoms with Crippen molar-refractivity contribution in [1.82, 2.24) is 20.3 Å². The minimum absolute atomic E-state index is 0.00189. The molecule has 4 rings (SSSR count). The standard InChI is InChI=1S/C25H29ClN6O3S/c1-16-15-22(32(2)3)31-25(28-16)30-18-12-10-17(11-13-18)29-23(33)19-7-6-14-27-24(19)36(34,35)21-9-5-4-8-20(21)26/h4-9,14-15,17-18H,10-13H2,1-3H3,(H,29,33)(H,28,30,31). The van der Waals surface area contributed by atoms with Gasteiger partial charge in [0.2, 0.25) is 15.8 Å². The maximum atomic E-state index is 13.2. The molecule has 1 aliphatic carbocycles. The van der Waals surface area contributed by atoms with Crippen LogP contribution in [-0.2, 0) is 9.84 Å². The lowest BCUT2D eigenvalue weighted by Gasteiger charge is -2.30. The number of carbonyl (C=O) groups is 1. The second-order valence-corrected chi connectivity index (χ2v) is 11.3. The summed E-state index contributed by atoms with van der Waals surface area (Å²) in [6, 6.07) is 11.2. The zero-order valence-corrected chi connectivity index (χ0v) is 22.0. The van der Waals surface area contributed by atoms with Gasteiger partial charge in [0.1, 0.15) is 5.82 Å². The second kappa shape index (κ2) is 10.8. The van der Waals surface area contributed by atoms with Crippen molar-refractivity contribution in [2.45, 2.75) is 54.6 Å². The highest BCUT2D eigenvalue weighted by Crippen LogP contribution is 2.28. The Morgan fingerprint density at radius 3 is 2.42 bits per heavy atom. The van der Waals surface area contributed by atoms with Crippen molar-refractivity contribution in [2.75, 3.05) is 24.3 Å². The molecule has 0 spiro atoms. The summed E-state index contributed by atoms with van der Waals surface area (Å²) in [5.41, 5.74) is 0.887. The summed E-state index contributed by atoms with van der Waals surface area (Å²) in [7, 11) is -0.199. The molecule has 1 fully saturated rings. The molecule has 3 aromatic rings. The molecule has 1 aromatic carbocycles. The van der Waals surface area contributed by atoms with Gasteiger partial charge in [-0.25, -0.2) is 18.4 Å². The molecular weight excluding hydrogens is 500 g/mol. The van der Waals surface area contributed by atoms with E-state index in [2.05, 4.69) is 25.6 Å². The summed E-state index contributed by atoms with van der Waals surface area (Å²) in [4.78, 5) is 28.1. The van der Waals surface area contributed by atoms with E-state index in [4.69, 9.17) is 11.6 Å². The largest absolute Gasteiger partial charge is 0.363 e. The predicted octanol–water partition coefficient (Wildman–Crippen LogP) is 3.89. The molecule has 0 unspecified atom stereocenters. The van der Waals surface area contributed by atoms with Crippen LogP contribution in [0.25, 0.3) is 0 Å². The quantitative estimate of drug-likeness (QED) is 0.474. The number of carbonyl (C=O) groups excluding carboxylic acids is 1. The van der Waals surface area contributed by atoms with E-state index in [1.54, 1.807) is 18.2 Å². The molecular formula is C25H29ClN6O3S. The minimum Gasteiger partial charge on any atom is -0.363 e. The average Bonchev–Trinajstić information content (AvgIpc) is 2.85. The van der Waals surface area contributed by atoms with Crippen molar-refractivity contribution in [3.05, 3.63) is 64.9 Å². The Bertz CT molecular complexity index is 1360. The van der Waals surface area contributed by atoms with Gasteiger partial charge < -0.3 is 15.5 Å². The number of hydrogen-bond acceptors (Lipinski definition) is 8. The number of halogens is 1. The lowest BCUT2D eigenvalue weighted by atomic mass is 9.91. The number of benzene rings is 1. The van der Waals surface area contributed by atoms with Crippen molar-refractivity contribution < 1.29 is 13.2 Å². The van der Waals surface area contributed by atoms with Crippen LogP contribution in [-0.4, -0.2) is 55.5 Å². The minimum atomic E-state index is -4.07. The third-order valence-electron chi connectivity index (χ3n) is 6.09. The SMILES string of the molecule is Cc1cc(N(C)C)nc(NC2CCC(NC(=O)c3cccnc3S(=O)(=O)c3ccccc3Cl)CC2)n1. The van der Waals surface area contributed by atoms with E-state index in [1.165, 1.54) is 24.4 Å². The monoisotopic (exact) mass is 528 g/mol. The third-order valence-corrected chi connectivity index (χ3v) is 8.30. The summed E-state index contributed by atoms with van der Waals surface area (Å²) in [6.07, 6.45) is 4.46. The molecule has 0 aliphatic heterocycles. The van der Waals surface area contributed by atoms with Crippen LogP contribution < -0.4 is 15.5 Å². The van der Waals surface area contributed by atoms with Gasteiger partial charge in [-0.15, -0.1) is 0 Å². The molecule has 1 aliphatic rings. The van der Waals surface area contributed by atoms with Gasteiger partial charge in [0.15, 0.2) is 5.03 Å². The fourth-order valence-electron chi connectivity index (χ4n) is 4.22. The first kappa shape index (κ1) is 25.8. The van der Waals surface area contributed by atoms with Crippen molar-refractivity contribution >= 4 is 39.1 Å². The predicted molar refractivity (Wildman–Crippen MR) is 139 cm³/mol. The van der Waals surface area contributed by atoms with Crippen molar-refractivity contribution in [3.8, 4) is 0 Å². The molecule has 190 valence electrons. The number of anilines is 2. The smallest absolute Gasteiger partial charge is 0.254 e. The fourth-order valence-corrected chi connectivity index (χ4v) is 6.10. The summed E-state index contributed by atoms with van der Waals surface area (Å²) >= 11 is 6.13. The van der Waals surface area contributed by atoms with Gasteiger partial charge in [0, 0.05) is 44.1 Å². The normalized spacial score (nSPS) is 17.9. The molecule has 9 nitrogen and oxygen atoms in total. The number of nitrogens with zero attached hydrogens (tertiary/aromatic N) is 4. The highest BCUT2D eigenvalue weighted by molar-refractivity contribution is 7.91. The molecule has 0 saturated heterocycles. The Morgan fingerprint density at radius 1 is 1.03 bits per heavy atom.